The van der Waals surface area contributed by atoms with Crippen molar-refractivity contribution in [1.82, 2.24) is 0 Å². The predicted octanol–water partition coefficient (Wildman–Crippen LogP) is 3.16. The Bertz CT molecular complexity index is 315. The number of hydrogen-bond donors (Lipinski definition) is 1. The third-order valence-corrected chi connectivity index (χ3v) is 3.85. The minimum Gasteiger partial charge on any atom is -0.365 e. The van der Waals surface area contributed by atoms with Gasteiger partial charge < -0.3 is 10.5 Å². The lowest BCUT2D eigenvalue weighted by atomic mass is 9.81. The molecule has 2 fully saturated rings. The highest BCUT2D eigenvalue weighted by molar-refractivity contribution is 5.29. The molecule has 1 atom stereocenters. The zero-order chi connectivity index (χ0) is 12.0. The van der Waals surface area contributed by atoms with Gasteiger partial charge in [-0.2, -0.15) is 0 Å². The highest BCUT2D eigenvalue weighted by Crippen LogP contribution is 2.45. The van der Waals surface area contributed by atoms with Gasteiger partial charge in [0.25, 0.3) is 0 Å². The number of ether oxygens (including phenoxy) is 1. The van der Waals surface area contributed by atoms with Crippen LogP contribution in [-0.2, 0) is 4.74 Å². The van der Waals surface area contributed by atoms with Crippen LogP contribution in [0, 0.1) is 0 Å². The summed E-state index contributed by atoms with van der Waals surface area (Å²) < 4.78 is 6.14. The van der Waals surface area contributed by atoms with E-state index < -0.39 is 0 Å². The molecule has 0 aromatic rings. The summed E-state index contributed by atoms with van der Waals surface area (Å²) in [6.45, 7) is 8.77. The zero-order valence-corrected chi connectivity index (χ0v) is 11.1. The molecule has 0 amide bonds. The lowest BCUT2D eigenvalue weighted by Crippen LogP contribution is -2.28. The summed E-state index contributed by atoms with van der Waals surface area (Å²) in [5.41, 5.74) is 9.08. The van der Waals surface area contributed by atoms with Gasteiger partial charge in [-0.25, -0.2) is 0 Å². The second-order valence-corrected chi connectivity index (χ2v) is 6.49. The van der Waals surface area contributed by atoms with Crippen LogP contribution < -0.4 is 5.73 Å². The number of nitrogens with two attached hydrogens (primary N) is 1. The summed E-state index contributed by atoms with van der Waals surface area (Å²) >= 11 is 0. The number of rotatable bonds is 0. The van der Waals surface area contributed by atoms with E-state index in [9.17, 15) is 0 Å². The molecule has 0 spiro atoms. The van der Waals surface area contributed by atoms with Gasteiger partial charge in [0, 0.05) is 6.04 Å². The minimum absolute atomic E-state index is 0.00657. The lowest BCUT2D eigenvalue weighted by Gasteiger charge is -2.28. The fourth-order valence-electron chi connectivity index (χ4n) is 3.35. The quantitative estimate of drug-likeness (QED) is 0.640. The predicted molar refractivity (Wildman–Crippen MR) is 67.3 cm³/mol. The molecular formula is C14H25NO. The average Bonchev–Trinajstić information content (AvgIpc) is 2.34. The Morgan fingerprint density at radius 1 is 1.25 bits per heavy atom. The first-order chi connectivity index (χ1) is 7.30. The highest BCUT2D eigenvalue weighted by atomic mass is 16.5. The van der Waals surface area contributed by atoms with Gasteiger partial charge in [0.1, 0.15) is 0 Å². The summed E-state index contributed by atoms with van der Waals surface area (Å²) in [7, 11) is 0. The fourth-order valence-corrected chi connectivity index (χ4v) is 3.35. The van der Waals surface area contributed by atoms with Crippen molar-refractivity contribution >= 4 is 0 Å². The molecule has 0 radical (unpaired) electrons. The summed E-state index contributed by atoms with van der Waals surface area (Å²) in [5.74, 6) is 0. The third-order valence-electron chi connectivity index (χ3n) is 3.85. The first kappa shape index (κ1) is 12.1. The van der Waals surface area contributed by atoms with E-state index in [1.807, 2.05) is 0 Å². The molecule has 2 aliphatic rings. The van der Waals surface area contributed by atoms with Crippen LogP contribution in [0.15, 0.2) is 11.1 Å². The van der Waals surface area contributed by atoms with Crippen LogP contribution in [0.4, 0.5) is 0 Å². The summed E-state index contributed by atoms with van der Waals surface area (Å²) in [6.07, 6.45) is 5.81. The van der Waals surface area contributed by atoms with E-state index in [0.29, 0.717) is 6.04 Å². The second-order valence-electron chi connectivity index (χ2n) is 6.49. The van der Waals surface area contributed by atoms with Crippen LogP contribution in [0.3, 0.4) is 0 Å². The molecule has 2 nitrogen and oxygen atoms in total. The largest absolute Gasteiger partial charge is 0.365 e. The maximum Gasteiger partial charge on any atom is 0.0846 e. The molecule has 2 N–H and O–H groups in total. The molecule has 0 aromatic heterocycles. The van der Waals surface area contributed by atoms with Crippen LogP contribution in [0.2, 0.25) is 0 Å². The molecule has 2 heteroatoms. The monoisotopic (exact) mass is 223 g/mol. The topological polar surface area (TPSA) is 35.2 Å². The SMILES string of the molecule is CC1(C)CC(=C2CCCC(N)C2)C(C)(C)O1. The van der Waals surface area contributed by atoms with Crippen molar-refractivity contribution in [3.05, 3.63) is 11.1 Å². The van der Waals surface area contributed by atoms with E-state index in [0.717, 1.165) is 12.8 Å². The molecule has 2 rings (SSSR count). The Kier molecular flexibility index (Phi) is 2.92. The molecule has 1 aliphatic carbocycles. The molecule has 1 aliphatic heterocycles. The first-order valence-electron chi connectivity index (χ1n) is 6.47. The number of hydrogen-bond acceptors (Lipinski definition) is 2. The van der Waals surface area contributed by atoms with Crippen LogP contribution >= 0.6 is 0 Å². The Labute approximate surface area is 99.2 Å². The van der Waals surface area contributed by atoms with Gasteiger partial charge in [-0.05, 0) is 65.4 Å². The molecule has 92 valence electrons. The van der Waals surface area contributed by atoms with Crippen LogP contribution in [0.25, 0.3) is 0 Å². The van der Waals surface area contributed by atoms with Gasteiger partial charge in [-0.15, -0.1) is 0 Å². The standard InChI is InChI=1S/C14H25NO/c1-13(2)9-12(14(3,4)16-13)10-6-5-7-11(15)8-10/h11H,5-9,15H2,1-4H3. The maximum absolute atomic E-state index is 6.14. The van der Waals surface area contributed by atoms with Crippen molar-refractivity contribution in [1.29, 1.82) is 0 Å². The van der Waals surface area contributed by atoms with Gasteiger partial charge in [-0.3, -0.25) is 0 Å². The minimum atomic E-state index is -0.0874. The smallest absolute Gasteiger partial charge is 0.0846 e. The molecule has 0 aromatic carbocycles. The van der Waals surface area contributed by atoms with Gasteiger partial charge >= 0.3 is 0 Å². The second kappa shape index (κ2) is 3.85. The van der Waals surface area contributed by atoms with Gasteiger partial charge in [0.15, 0.2) is 0 Å². The fraction of sp³-hybridized carbons (Fsp3) is 0.857. The molecule has 1 unspecified atom stereocenters. The van der Waals surface area contributed by atoms with Crippen molar-refractivity contribution < 1.29 is 4.74 Å². The van der Waals surface area contributed by atoms with Crippen LogP contribution in [0.1, 0.15) is 59.8 Å². The first-order valence-corrected chi connectivity index (χ1v) is 6.47. The van der Waals surface area contributed by atoms with Gasteiger partial charge in [-0.1, -0.05) is 5.57 Å². The highest BCUT2D eigenvalue weighted by Gasteiger charge is 2.43. The van der Waals surface area contributed by atoms with E-state index in [1.54, 1.807) is 5.57 Å². The maximum atomic E-state index is 6.14. The van der Waals surface area contributed by atoms with Crippen molar-refractivity contribution in [2.24, 2.45) is 5.73 Å². The normalized spacial score (nSPS) is 37.7. The molecule has 1 saturated heterocycles. The van der Waals surface area contributed by atoms with E-state index in [-0.39, 0.29) is 11.2 Å². The Hall–Kier alpha value is -0.340. The summed E-state index contributed by atoms with van der Waals surface area (Å²) in [5, 5.41) is 0. The van der Waals surface area contributed by atoms with E-state index in [4.69, 9.17) is 10.5 Å². The van der Waals surface area contributed by atoms with Crippen molar-refractivity contribution in [2.45, 2.75) is 77.0 Å². The van der Waals surface area contributed by atoms with Gasteiger partial charge in [0.2, 0.25) is 0 Å². The van der Waals surface area contributed by atoms with Crippen LogP contribution in [-0.4, -0.2) is 17.2 Å². The average molecular weight is 223 g/mol. The molecule has 1 saturated carbocycles. The Morgan fingerprint density at radius 2 is 1.94 bits per heavy atom. The van der Waals surface area contributed by atoms with Crippen molar-refractivity contribution in [3.8, 4) is 0 Å². The third kappa shape index (κ3) is 2.33. The van der Waals surface area contributed by atoms with E-state index in [2.05, 4.69) is 27.7 Å². The van der Waals surface area contributed by atoms with E-state index in [1.165, 1.54) is 24.8 Å². The Morgan fingerprint density at radius 3 is 2.44 bits per heavy atom. The van der Waals surface area contributed by atoms with Crippen molar-refractivity contribution in [2.75, 3.05) is 0 Å². The van der Waals surface area contributed by atoms with Crippen LogP contribution in [0.5, 0.6) is 0 Å². The Balaban J connectivity index is 2.28. The lowest BCUT2D eigenvalue weighted by molar-refractivity contribution is -0.0569. The summed E-state index contributed by atoms with van der Waals surface area (Å²) in [4.78, 5) is 0. The van der Waals surface area contributed by atoms with Gasteiger partial charge in [0.05, 0.1) is 11.2 Å². The molecule has 16 heavy (non-hydrogen) atoms. The molecule has 1 heterocycles. The molecular weight excluding hydrogens is 198 g/mol. The van der Waals surface area contributed by atoms with Crippen molar-refractivity contribution in [3.63, 3.8) is 0 Å². The zero-order valence-electron chi connectivity index (χ0n) is 11.1. The molecule has 0 bridgehead atoms. The van der Waals surface area contributed by atoms with E-state index >= 15 is 0 Å². The summed E-state index contributed by atoms with van der Waals surface area (Å²) in [6, 6.07) is 0.371.